The number of nitrogens with two attached hydrogens (primary N) is 1. The van der Waals surface area contributed by atoms with E-state index in [1.165, 1.54) is 6.20 Å². The lowest BCUT2D eigenvalue weighted by Gasteiger charge is -2.18. The second-order valence-electron chi connectivity index (χ2n) is 3.89. The van der Waals surface area contributed by atoms with Gasteiger partial charge in [-0.15, -0.1) is 0 Å². The van der Waals surface area contributed by atoms with Gasteiger partial charge in [-0.1, -0.05) is 6.07 Å². The first-order valence-corrected chi connectivity index (χ1v) is 6.35. The molecule has 0 aliphatic heterocycles. The fourth-order valence-electron chi connectivity index (χ4n) is 1.85. The minimum absolute atomic E-state index is 0.405. The Bertz CT molecular complexity index is 580. The number of nitrogens with one attached hydrogen (secondary N) is 1. The van der Waals surface area contributed by atoms with Gasteiger partial charge in [0, 0.05) is 11.8 Å². The van der Waals surface area contributed by atoms with Crippen molar-refractivity contribution in [1.82, 2.24) is 10.4 Å². The summed E-state index contributed by atoms with van der Waals surface area (Å²) in [5, 5.41) is 0. The molecule has 4 nitrogen and oxygen atoms in total. The number of halogens is 2. The SMILES string of the molecule is COc1ccc(C(NN)c2ccncc2F)cc1Br. The molecule has 0 spiro atoms. The highest BCUT2D eigenvalue weighted by molar-refractivity contribution is 9.10. The molecule has 0 saturated heterocycles. The van der Waals surface area contributed by atoms with Crippen molar-refractivity contribution in [3.8, 4) is 5.75 Å². The highest BCUT2D eigenvalue weighted by Crippen LogP contribution is 2.30. The summed E-state index contributed by atoms with van der Waals surface area (Å²) < 4.78 is 19.7. The number of hydrogen-bond donors (Lipinski definition) is 2. The van der Waals surface area contributed by atoms with Crippen LogP contribution in [0.2, 0.25) is 0 Å². The van der Waals surface area contributed by atoms with Crippen molar-refractivity contribution >= 4 is 15.9 Å². The first-order chi connectivity index (χ1) is 9.17. The molecule has 100 valence electrons. The Morgan fingerprint density at radius 1 is 1.42 bits per heavy atom. The summed E-state index contributed by atoms with van der Waals surface area (Å²) in [5.41, 5.74) is 3.87. The summed E-state index contributed by atoms with van der Waals surface area (Å²) in [5.74, 6) is 5.84. The van der Waals surface area contributed by atoms with Crippen LogP contribution in [0.15, 0.2) is 41.1 Å². The summed E-state index contributed by atoms with van der Waals surface area (Å²) in [6.45, 7) is 0. The molecule has 1 aromatic heterocycles. The van der Waals surface area contributed by atoms with Crippen LogP contribution in [0.4, 0.5) is 4.39 Å². The molecule has 6 heteroatoms. The van der Waals surface area contributed by atoms with Crippen molar-refractivity contribution in [3.05, 3.63) is 58.1 Å². The molecule has 0 aliphatic carbocycles. The van der Waals surface area contributed by atoms with Crippen LogP contribution in [-0.4, -0.2) is 12.1 Å². The summed E-state index contributed by atoms with van der Waals surface area (Å²) in [7, 11) is 1.58. The largest absolute Gasteiger partial charge is 0.496 e. The Balaban J connectivity index is 2.43. The van der Waals surface area contributed by atoms with Crippen LogP contribution >= 0.6 is 15.9 Å². The van der Waals surface area contributed by atoms with Crippen LogP contribution in [0.1, 0.15) is 17.2 Å². The zero-order valence-corrected chi connectivity index (χ0v) is 11.8. The Morgan fingerprint density at radius 2 is 2.21 bits per heavy atom. The first kappa shape index (κ1) is 13.9. The van der Waals surface area contributed by atoms with Crippen LogP contribution < -0.4 is 16.0 Å². The molecule has 1 heterocycles. The second-order valence-corrected chi connectivity index (χ2v) is 4.75. The molecule has 0 radical (unpaired) electrons. The number of methoxy groups -OCH3 is 1. The van der Waals surface area contributed by atoms with Crippen molar-refractivity contribution in [2.24, 2.45) is 5.84 Å². The van der Waals surface area contributed by atoms with E-state index >= 15 is 0 Å². The molecule has 2 aromatic rings. The third kappa shape index (κ3) is 2.91. The van der Waals surface area contributed by atoms with Crippen LogP contribution in [0, 0.1) is 5.82 Å². The monoisotopic (exact) mass is 325 g/mol. The van der Waals surface area contributed by atoms with Crippen LogP contribution in [0.25, 0.3) is 0 Å². The summed E-state index contributed by atoms with van der Waals surface area (Å²) in [6.07, 6.45) is 2.69. The lowest BCUT2D eigenvalue weighted by Crippen LogP contribution is -2.29. The van der Waals surface area contributed by atoms with E-state index in [0.29, 0.717) is 11.3 Å². The second kappa shape index (κ2) is 6.10. The fourth-order valence-corrected chi connectivity index (χ4v) is 2.41. The van der Waals surface area contributed by atoms with Gasteiger partial charge in [-0.05, 0) is 39.7 Å². The van der Waals surface area contributed by atoms with E-state index in [1.807, 2.05) is 12.1 Å². The molecular weight excluding hydrogens is 313 g/mol. The molecule has 19 heavy (non-hydrogen) atoms. The maximum Gasteiger partial charge on any atom is 0.146 e. The van der Waals surface area contributed by atoms with Gasteiger partial charge in [0.2, 0.25) is 0 Å². The van der Waals surface area contributed by atoms with E-state index in [-0.39, 0.29) is 0 Å². The number of rotatable bonds is 4. The number of pyridine rings is 1. The summed E-state index contributed by atoms with van der Waals surface area (Å²) in [4.78, 5) is 3.73. The molecule has 0 saturated carbocycles. The van der Waals surface area contributed by atoms with Gasteiger partial charge in [0.1, 0.15) is 11.6 Å². The standard InChI is InChI=1S/C13H13BrFN3O/c1-19-12-3-2-8(6-10(12)14)13(18-16)9-4-5-17-7-11(9)15/h2-7,13,18H,16H2,1H3. The molecule has 0 aliphatic rings. The molecule has 3 N–H and O–H groups in total. The zero-order valence-electron chi connectivity index (χ0n) is 10.2. The van der Waals surface area contributed by atoms with Gasteiger partial charge in [0.05, 0.1) is 23.8 Å². The molecule has 2 rings (SSSR count). The maximum absolute atomic E-state index is 13.8. The highest BCUT2D eigenvalue weighted by Gasteiger charge is 2.17. The van der Waals surface area contributed by atoms with Crippen molar-refractivity contribution in [3.63, 3.8) is 0 Å². The van der Waals surface area contributed by atoms with E-state index in [9.17, 15) is 4.39 Å². The summed E-state index contributed by atoms with van der Waals surface area (Å²) in [6, 6.07) is 6.60. The minimum atomic E-state index is -0.454. The Morgan fingerprint density at radius 3 is 2.79 bits per heavy atom. The van der Waals surface area contributed by atoms with Crippen LogP contribution in [0.5, 0.6) is 5.75 Å². The van der Waals surface area contributed by atoms with Gasteiger partial charge in [0.15, 0.2) is 0 Å². The molecule has 1 unspecified atom stereocenters. The van der Waals surface area contributed by atoms with Gasteiger partial charge in [-0.3, -0.25) is 10.8 Å². The number of hydrogen-bond acceptors (Lipinski definition) is 4. The van der Waals surface area contributed by atoms with Gasteiger partial charge < -0.3 is 4.74 Å². The average molecular weight is 326 g/mol. The van der Waals surface area contributed by atoms with Crippen molar-refractivity contribution < 1.29 is 9.13 Å². The van der Waals surface area contributed by atoms with Gasteiger partial charge in [-0.2, -0.15) is 0 Å². The van der Waals surface area contributed by atoms with Crippen molar-refractivity contribution in [1.29, 1.82) is 0 Å². The lowest BCUT2D eigenvalue weighted by molar-refractivity contribution is 0.411. The zero-order chi connectivity index (χ0) is 13.8. The lowest BCUT2D eigenvalue weighted by atomic mass is 10.00. The Hall–Kier alpha value is -1.50. The fraction of sp³-hybridized carbons (Fsp3) is 0.154. The van der Waals surface area contributed by atoms with Gasteiger partial charge in [-0.25, -0.2) is 9.82 Å². The quantitative estimate of drug-likeness (QED) is 0.670. The predicted octanol–water partition coefficient (Wildman–Crippen LogP) is 2.54. The maximum atomic E-state index is 13.8. The number of aromatic nitrogens is 1. The Labute approximate surface area is 118 Å². The van der Waals surface area contributed by atoms with E-state index in [1.54, 1.807) is 19.2 Å². The minimum Gasteiger partial charge on any atom is -0.496 e. The van der Waals surface area contributed by atoms with Crippen LogP contribution in [-0.2, 0) is 0 Å². The molecular formula is C13H13BrFN3O. The van der Waals surface area contributed by atoms with Crippen molar-refractivity contribution in [2.75, 3.05) is 7.11 Å². The van der Waals surface area contributed by atoms with Crippen LogP contribution in [0.3, 0.4) is 0 Å². The van der Waals surface area contributed by atoms with Gasteiger partial charge in [0.25, 0.3) is 0 Å². The molecule has 0 bridgehead atoms. The Kier molecular flexibility index (Phi) is 4.47. The summed E-state index contributed by atoms with van der Waals surface area (Å²) >= 11 is 3.40. The van der Waals surface area contributed by atoms with E-state index in [2.05, 4.69) is 26.3 Å². The van der Waals surface area contributed by atoms with E-state index < -0.39 is 11.9 Å². The molecule has 0 amide bonds. The van der Waals surface area contributed by atoms with Gasteiger partial charge >= 0.3 is 0 Å². The third-order valence-electron chi connectivity index (χ3n) is 2.79. The number of hydrazine groups is 1. The number of benzene rings is 1. The predicted molar refractivity (Wildman–Crippen MR) is 74.1 cm³/mol. The molecule has 0 fully saturated rings. The van der Waals surface area contributed by atoms with E-state index in [4.69, 9.17) is 10.6 Å². The third-order valence-corrected chi connectivity index (χ3v) is 3.41. The highest BCUT2D eigenvalue weighted by atomic mass is 79.9. The number of nitrogens with zero attached hydrogens (tertiary/aromatic N) is 1. The average Bonchev–Trinajstić information content (AvgIpc) is 2.42. The van der Waals surface area contributed by atoms with E-state index in [0.717, 1.165) is 16.2 Å². The molecule has 1 atom stereocenters. The smallest absolute Gasteiger partial charge is 0.146 e. The number of ether oxygens (including phenoxy) is 1. The molecule has 1 aromatic carbocycles. The normalized spacial score (nSPS) is 12.2. The first-order valence-electron chi connectivity index (χ1n) is 5.56. The van der Waals surface area contributed by atoms with Crippen molar-refractivity contribution in [2.45, 2.75) is 6.04 Å². The topological polar surface area (TPSA) is 60.2 Å².